The maximum absolute atomic E-state index is 13.3. The first-order valence-corrected chi connectivity index (χ1v) is 8.97. The molecule has 7 heteroatoms. The summed E-state index contributed by atoms with van der Waals surface area (Å²) < 4.78 is 18.9. The van der Waals surface area contributed by atoms with E-state index in [9.17, 15) is 14.3 Å². The van der Waals surface area contributed by atoms with E-state index in [4.69, 9.17) is 27.9 Å². The van der Waals surface area contributed by atoms with Crippen LogP contribution in [0.3, 0.4) is 0 Å². The quantitative estimate of drug-likeness (QED) is 0.841. The number of hydrogen-bond acceptors (Lipinski definition) is 3. The van der Waals surface area contributed by atoms with Crippen LogP contribution < -0.4 is 4.74 Å². The molecule has 2 aromatic carbocycles. The monoisotopic (exact) mass is 397 g/mol. The molecule has 26 heavy (non-hydrogen) atoms. The number of ether oxygens (including phenoxy) is 1. The fourth-order valence-corrected chi connectivity index (χ4v) is 3.35. The zero-order chi connectivity index (χ0) is 18.7. The molecule has 2 aromatic rings. The van der Waals surface area contributed by atoms with Crippen molar-refractivity contribution in [2.75, 3.05) is 19.7 Å². The number of carbonyl (C=O) groups is 1. The molecule has 1 saturated heterocycles. The van der Waals surface area contributed by atoms with Gasteiger partial charge in [0.25, 0.3) is 5.91 Å². The van der Waals surface area contributed by atoms with Crippen molar-refractivity contribution in [2.24, 2.45) is 0 Å². The van der Waals surface area contributed by atoms with Crippen molar-refractivity contribution in [3.05, 3.63) is 63.9 Å². The molecule has 1 heterocycles. The zero-order valence-electron chi connectivity index (χ0n) is 13.9. The average Bonchev–Trinajstić information content (AvgIpc) is 2.62. The number of carbonyl (C=O) groups excluding carboxylic acids is 1. The van der Waals surface area contributed by atoms with Crippen LogP contribution in [0.4, 0.5) is 4.39 Å². The number of β-amino-alcohol motifs (C(OH)–C–C–N with tert-alkyl or cyclic N) is 1. The Morgan fingerprint density at radius 1 is 1.27 bits per heavy atom. The molecule has 0 bridgehead atoms. The molecule has 1 N–H and O–H groups in total. The van der Waals surface area contributed by atoms with Crippen molar-refractivity contribution in [3.8, 4) is 5.75 Å². The Hall–Kier alpha value is -1.82. The van der Waals surface area contributed by atoms with Gasteiger partial charge in [-0.05, 0) is 49.2 Å². The van der Waals surface area contributed by atoms with Crippen LogP contribution in [-0.2, 0) is 0 Å². The lowest BCUT2D eigenvalue weighted by Crippen LogP contribution is -2.53. The van der Waals surface area contributed by atoms with Crippen molar-refractivity contribution in [3.63, 3.8) is 0 Å². The predicted molar refractivity (Wildman–Crippen MR) is 98.4 cm³/mol. The van der Waals surface area contributed by atoms with Crippen LogP contribution in [0.2, 0.25) is 10.0 Å². The molecule has 0 aliphatic carbocycles. The molecule has 1 aliphatic rings. The van der Waals surface area contributed by atoms with Gasteiger partial charge in [-0.2, -0.15) is 0 Å². The maximum atomic E-state index is 13.3. The normalized spacial score (nSPS) is 20.1. The minimum atomic E-state index is -1.17. The Morgan fingerprint density at radius 3 is 2.81 bits per heavy atom. The topological polar surface area (TPSA) is 49.8 Å². The number of halogens is 3. The first-order valence-electron chi connectivity index (χ1n) is 8.21. The van der Waals surface area contributed by atoms with Crippen molar-refractivity contribution >= 4 is 29.1 Å². The van der Waals surface area contributed by atoms with E-state index in [0.29, 0.717) is 30.2 Å². The summed E-state index contributed by atoms with van der Waals surface area (Å²) in [5.41, 5.74) is -0.878. The molecule has 0 saturated carbocycles. The molecular formula is C19H18Cl2FNO3. The van der Waals surface area contributed by atoms with Gasteiger partial charge in [0.15, 0.2) is 0 Å². The number of rotatable bonds is 4. The fraction of sp³-hybridized carbons (Fsp3) is 0.316. The van der Waals surface area contributed by atoms with Gasteiger partial charge >= 0.3 is 0 Å². The van der Waals surface area contributed by atoms with Gasteiger partial charge in [0.2, 0.25) is 0 Å². The first kappa shape index (κ1) is 19.0. The molecule has 0 aromatic heterocycles. The van der Waals surface area contributed by atoms with Crippen LogP contribution in [0.1, 0.15) is 23.2 Å². The van der Waals surface area contributed by atoms with E-state index in [1.807, 2.05) is 0 Å². The SMILES string of the molecule is O=C(c1ccc(F)c(Cl)c1)N1CCCC(O)(COc2cccc(Cl)c2)C1. The highest BCUT2D eigenvalue weighted by Crippen LogP contribution is 2.26. The standard InChI is InChI=1S/C19H18Cl2FNO3/c20-14-3-1-4-15(10-14)26-12-19(25)7-2-8-23(11-19)18(24)13-5-6-17(22)16(21)9-13/h1,3-6,9-10,25H,2,7-8,11-12H2. The number of amides is 1. The van der Waals surface area contributed by atoms with E-state index in [0.717, 1.165) is 6.07 Å². The molecule has 0 radical (unpaired) electrons. The molecule has 1 fully saturated rings. The highest BCUT2D eigenvalue weighted by molar-refractivity contribution is 6.31. The Kier molecular flexibility index (Phi) is 5.70. The van der Waals surface area contributed by atoms with E-state index >= 15 is 0 Å². The third-order valence-corrected chi connectivity index (χ3v) is 4.84. The number of nitrogens with zero attached hydrogens (tertiary/aromatic N) is 1. The highest BCUT2D eigenvalue weighted by atomic mass is 35.5. The number of piperidine rings is 1. The lowest BCUT2D eigenvalue weighted by Gasteiger charge is -2.39. The molecule has 1 amide bonds. The summed E-state index contributed by atoms with van der Waals surface area (Å²) in [5.74, 6) is -0.319. The van der Waals surface area contributed by atoms with Crippen molar-refractivity contribution in [2.45, 2.75) is 18.4 Å². The second kappa shape index (κ2) is 7.82. The molecule has 138 valence electrons. The van der Waals surface area contributed by atoms with Gasteiger partial charge in [-0.1, -0.05) is 29.3 Å². The molecule has 1 atom stereocenters. The smallest absolute Gasteiger partial charge is 0.254 e. The number of hydrogen-bond donors (Lipinski definition) is 1. The zero-order valence-corrected chi connectivity index (χ0v) is 15.4. The van der Waals surface area contributed by atoms with Crippen molar-refractivity contribution in [1.82, 2.24) is 4.90 Å². The van der Waals surface area contributed by atoms with Crippen LogP contribution in [-0.4, -0.2) is 41.2 Å². The Balaban J connectivity index is 1.67. The van der Waals surface area contributed by atoms with Crippen LogP contribution in [0, 0.1) is 5.82 Å². The summed E-state index contributed by atoms with van der Waals surface area (Å²) in [6.45, 7) is 0.677. The lowest BCUT2D eigenvalue weighted by atomic mass is 9.93. The van der Waals surface area contributed by atoms with E-state index in [2.05, 4.69) is 0 Å². The average molecular weight is 398 g/mol. The van der Waals surface area contributed by atoms with Crippen LogP contribution >= 0.6 is 23.2 Å². The summed E-state index contributed by atoms with van der Waals surface area (Å²) in [4.78, 5) is 14.2. The first-order chi connectivity index (χ1) is 12.4. The van der Waals surface area contributed by atoms with E-state index < -0.39 is 11.4 Å². The summed E-state index contributed by atoms with van der Waals surface area (Å²) >= 11 is 11.7. The molecule has 0 spiro atoms. The predicted octanol–water partition coefficient (Wildman–Crippen LogP) is 4.18. The summed E-state index contributed by atoms with van der Waals surface area (Å²) in [7, 11) is 0. The van der Waals surface area contributed by atoms with Crippen molar-refractivity contribution < 1.29 is 19.0 Å². The van der Waals surface area contributed by atoms with Gasteiger partial charge in [-0.15, -0.1) is 0 Å². The Labute approximate surface area is 161 Å². The second-order valence-corrected chi connectivity index (χ2v) is 7.27. The largest absolute Gasteiger partial charge is 0.490 e. The maximum Gasteiger partial charge on any atom is 0.254 e. The third-order valence-electron chi connectivity index (χ3n) is 4.31. The Morgan fingerprint density at radius 2 is 2.08 bits per heavy atom. The second-order valence-electron chi connectivity index (χ2n) is 6.43. The van der Waals surface area contributed by atoms with Gasteiger partial charge in [0, 0.05) is 17.1 Å². The summed E-state index contributed by atoms with van der Waals surface area (Å²) in [6, 6.07) is 10.8. The van der Waals surface area contributed by atoms with Gasteiger partial charge in [0.1, 0.15) is 23.8 Å². The number of benzene rings is 2. The van der Waals surface area contributed by atoms with Crippen LogP contribution in [0.5, 0.6) is 5.75 Å². The van der Waals surface area contributed by atoms with Gasteiger partial charge in [-0.3, -0.25) is 4.79 Å². The molecule has 3 rings (SSSR count). The molecule has 4 nitrogen and oxygen atoms in total. The van der Waals surface area contributed by atoms with Gasteiger partial charge in [0.05, 0.1) is 11.6 Å². The summed E-state index contributed by atoms with van der Waals surface area (Å²) in [6.07, 6.45) is 1.15. The van der Waals surface area contributed by atoms with Crippen LogP contribution in [0.15, 0.2) is 42.5 Å². The van der Waals surface area contributed by atoms with Gasteiger partial charge in [-0.25, -0.2) is 4.39 Å². The Bertz CT molecular complexity index is 817. The number of likely N-dealkylation sites (tertiary alicyclic amines) is 1. The van der Waals surface area contributed by atoms with Crippen molar-refractivity contribution in [1.29, 1.82) is 0 Å². The van der Waals surface area contributed by atoms with E-state index in [-0.39, 0.29) is 29.6 Å². The number of aliphatic hydroxyl groups is 1. The molecule has 1 aliphatic heterocycles. The van der Waals surface area contributed by atoms with Gasteiger partial charge < -0.3 is 14.7 Å². The van der Waals surface area contributed by atoms with E-state index in [1.54, 1.807) is 24.3 Å². The minimum absolute atomic E-state index is 0.0430. The lowest BCUT2D eigenvalue weighted by molar-refractivity contribution is -0.0532. The fourth-order valence-electron chi connectivity index (χ4n) is 2.99. The highest BCUT2D eigenvalue weighted by Gasteiger charge is 2.36. The molecule has 1 unspecified atom stereocenters. The molecular weight excluding hydrogens is 380 g/mol. The van der Waals surface area contributed by atoms with E-state index in [1.165, 1.54) is 17.0 Å². The van der Waals surface area contributed by atoms with Crippen LogP contribution in [0.25, 0.3) is 0 Å². The minimum Gasteiger partial charge on any atom is -0.490 e. The summed E-state index contributed by atoms with van der Waals surface area (Å²) in [5, 5.41) is 11.3. The third kappa shape index (κ3) is 4.47.